The highest BCUT2D eigenvalue weighted by molar-refractivity contribution is 5.83. The summed E-state index contributed by atoms with van der Waals surface area (Å²) in [5, 5.41) is 10.00. The third kappa shape index (κ3) is 1.49. The molecule has 0 aliphatic rings. The van der Waals surface area contributed by atoms with Gasteiger partial charge in [-0.3, -0.25) is 0 Å². The quantitative estimate of drug-likeness (QED) is 0.565. The first-order chi connectivity index (χ1) is 5.11. The predicted octanol–water partition coefficient (Wildman–Crippen LogP) is -0.277. The van der Waals surface area contributed by atoms with Gasteiger partial charge in [0.05, 0.1) is 12.2 Å². The highest BCUT2D eigenvalue weighted by Gasteiger charge is 2.04. The molecular formula is C6H2F2NO2-. The van der Waals surface area contributed by atoms with E-state index in [0.29, 0.717) is 12.3 Å². The fourth-order valence-corrected chi connectivity index (χ4v) is 0.565. The molecule has 0 bridgehead atoms. The van der Waals surface area contributed by atoms with Crippen molar-refractivity contribution in [3.8, 4) is 0 Å². The molecule has 3 nitrogen and oxygen atoms in total. The Morgan fingerprint density at radius 1 is 1.55 bits per heavy atom. The van der Waals surface area contributed by atoms with Crippen LogP contribution in [-0.2, 0) is 0 Å². The van der Waals surface area contributed by atoms with Crippen molar-refractivity contribution in [1.29, 1.82) is 0 Å². The van der Waals surface area contributed by atoms with Crippen molar-refractivity contribution >= 4 is 5.97 Å². The van der Waals surface area contributed by atoms with Crippen molar-refractivity contribution < 1.29 is 18.7 Å². The number of carbonyl (C=O) groups excluding carboxylic acids is 1. The van der Waals surface area contributed by atoms with Crippen LogP contribution < -0.4 is 5.11 Å². The van der Waals surface area contributed by atoms with Gasteiger partial charge in [0.15, 0.2) is 5.82 Å². The van der Waals surface area contributed by atoms with E-state index < -0.39 is 23.3 Å². The first kappa shape index (κ1) is 7.59. The minimum atomic E-state index is -1.76. The highest BCUT2D eigenvalue weighted by Crippen LogP contribution is 2.03. The van der Waals surface area contributed by atoms with E-state index in [1.165, 1.54) is 0 Å². The number of nitrogens with zero attached hydrogens (tertiary/aromatic N) is 1. The number of halogens is 2. The molecule has 0 aliphatic carbocycles. The van der Waals surface area contributed by atoms with Crippen molar-refractivity contribution in [1.82, 2.24) is 4.98 Å². The van der Waals surface area contributed by atoms with Gasteiger partial charge in [0.2, 0.25) is 0 Å². The van der Waals surface area contributed by atoms with Gasteiger partial charge in [-0.15, -0.1) is 0 Å². The van der Waals surface area contributed by atoms with Crippen LogP contribution in [0.3, 0.4) is 0 Å². The Hall–Kier alpha value is -1.52. The van der Waals surface area contributed by atoms with E-state index in [0.717, 1.165) is 0 Å². The molecule has 0 atom stereocenters. The van der Waals surface area contributed by atoms with E-state index in [-0.39, 0.29) is 0 Å². The summed E-state index contributed by atoms with van der Waals surface area (Å²) in [6.07, 6.45) is 0.605. The van der Waals surface area contributed by atoms with E-state index in [1.807, 2.05) is 0 Å². The lowest BCUT2D eigenvalue weighted by Gasteiger charge is -2.00. The van der Waals surface area contributed by atoms with Crippen LogP contribution in [0, 0.1) is 11.6 Å². The van der Waals surface area contributed by atoms with Crippen molar-refractivity contribution in [2.24, 2.45) is 0 Å². The lowest BCUT2D eigenvalue weighted by Crippen LogP contribution is -2.25. The van der Waals surface area contributed by atoms with Crippen LogP contribution in [0.1, 0.15) is 10.5 Å². The van der Waals surface area contributed by atoms with Gasteiger partial charge < -0.3 is 9.90 Å². The largest absolute Gasteiger partial charge is 0.543 e. The first-order valence-corrected chi connectivity index (χ1v) is 2.63. The zero-order valence-corrected chi connectivity index (χ0v) is 5.17. The van der Waals surface area contributed by atoms with Gasteiger partial charge in [0.25, 0.3) is 0 Å². The van der Waals surface area contributed by atoms with Gasteiger partial charge in [-0.25, -0.2) is 13.8 Å². The molecule has 58 valence electrons. The minimum absolute atomic E-state index is 0.429. The zero-order valence-electron chi connectivity index (χ0n) is 5.17. The highest BCUT2D eigenvalue weighted by atomic mass is 19.1. The second-order valence-electron chi connectivity index (χ2n) is 1.77. The summed E-state index contributed by atoms with van der Waals surface area (Å²) in [5.74, 6) is -3.92. The molecule has 0 unspecified atom stereocenters. The van der Waals surface area contributed by atoms with Crippen molar-refractivity contribution in [3.63, 3.8) is 0 Å². The van der Waals surface area contributed by atoms with Crippen LogP contribution in [0.4, 0.5) is 8.78 Å². The van der Waals surface area contributed by atoms with Crippen molar-refractivity contribution in [2.45, 2.75) is 0 Å². The molecule has 11 heavy (non-hydrogen) atoms. The maximum Gasteiger partial charge on any atom is 0.153 e. The Kier molecular flexibility index (Phi) is 1.80. The van der Waals surface area contributed by atoms with Crippen LogP contribution in [0.5, 0.6) is 0 Å². The fraction of sp³-hybridized carbons (Fsp3) is 0. The number of hydrogen-bond donors (Lipinski definition) is 0. The summed E-state index contributed by atoms with van der Waals surface area (Å²) in [4.78, 5) is 13.0. The van der Waals surface area contributed by atoms with Gasteiger partial charge in [0, 0.05) is 6.07 Å². The molecule has 0 N–H and O–H groups in total. The van der Waals surface area contributed by atoms with Crippen LogP contribution in [-0.4, -0.2) is 11.0 Å². The summed E-state index contributed by atoms with van der Waals surface area (Å²) in [6, 6.07) is 0.429. The number of aromatic carboxylic acids is 1. The van der Waals surface area contributed by atoms with Gasteiger partial charge >= 0.3 is 0 Å². The Bertz CT molecular complexity index is 301. The van der Waals surface area contributed by atoms with Crippen LogP contribution in [0.15, 0.2) is 12.3 Å². The molecule has 0 amide bonds. The molecule has 0 aromatic carbocycles. The number of aromatic nitrogens is 1. The molecule has 0 spiro atoms. The third-order valence-corrected chi connectivity index (χ3v) is 1.00. The monoisotopic (exact) mass is 158 g/mol. The number of carbonyl (C=O) groups is 1. The Labute approximate surface area is 60.3 Å². The maximum absolute atomic E-state index is 12.4. The van der Waals surface area contributed by atoms with E-state index in [9.17, 15) is 18.7 Å². The van der Waals surface area contributed by atoms with Crippen molar-refractivity contribution in [2.75, 3.05) is 0 Å². The van der Waals surface area contributed by atoms with E-state index in [2.05, 4.69) is 4.98 Å². The molecule has 1 aromatic rings. The molecule has 0 aliphatic heterocycles. The summed E-state index contributed by atoms with van der Waals surface area (Å²) in [7, 11) is 0. The van der Waals surface area contributed by atoms with Gasteiger partial charge in [0.1, 0.15) is 11.5 Å². The molecule has 0 saturated heterocycles. The van der Waals surface area contributed by atoms with Gasteiger partial charge in [-0.05, 0) is 0 Å². The Morgan fingerprint density at radius 3 is 2.64 bits per heavy atom. The number of carboxylic acid groups (broad SMARTS) is 1. The molecule has 1 heterocycles. The average Bonchev–Trinajstić information content (AvgIpc) is 1.85. The van der Waals surface area contributed by atoms with E-state index in [4.69, 9.17) is 0 Å². The van der Waals surface area contributed by atoms with Crippen LogP contribution in [0.2, 0.25) is 0 Å². The number of carboxylic acids is 1. The molecule has 0 saturated carbocycles. The van der Waals surface area contributed by atoms with Gasteiger partial charge in [-0.1, -0.05) is 0 Å². The Balaban J connectivity index is 3.20. The van der Waals surface area contributed by atoms with Crippen molar-refractivity contribution in [3.05, 3.63) is 29.6 Å². The summed E-state index contributed by atoms with van der Waals surface area (Å²) >= 11 is 0. The smallest absolute Gasteiger partial charge is 0.153 e. The zero-order chi connectivity index (χ0) is 8.43. The second-order valence-corrected chi connectivity index (χ2v) is 1.77. The van der Waals surface area contributed by atoms with E-state index in [1.54, 1.807) is 0 Å². The Morgan fingerprint density at radius 2 is 2.18 bits per heavy atom. The average molecular weight is 158 g/mol. The molecule has 1 rings (SSSR count). The predicted molar refractivity (Wildman–Crippen MR) is 28.5 cm³/mol. The molecule has 5 heteroatoms. The molecular weight excluding hydrogens is 156 g/mol. The topological polar surface area (TPSA) is 53.0 Å². The minimum Gasteiger partial charge on any atom is -0.543 e. The second kappa shape index (κ2) is 2.61. The summed E-state index contributed by atoms with van der Waals surface area (Å²) in [6.45, 7) is 0. The standard InChI is InChI=1S/C6H3F2NO2/c7-3-1-4(8)5(6(10)11)9-2-3/h1-2H,(H,10,11)/p-1. The van der Waals surface area contributed by atoms with Crippen LogP contribution >= 0.6 is 0 Å². The normalized spacial score (nSPS) is 9.64. The summed E-state index contributed by atoms with van der Waals surface area (Å²) in [5.41, 5.74) is -0.883. The van der Waals surface area contributed by atoms with Crippen LogP contribution in [0.25, 0.3) is 0 Å². The lowest BCUT2D eigenvalue weighted by atomic mass is 10.3. The summed E-state index contributed by atoms with van der Waals surface area (Å²) < 4.78 is 24.5. The first-order valence-electron chi connectivity index (χ1n) is 2.63. The third-order valence-electron chi connectivity index (χ3n) is 1.00. The molecule has 0 fully saturated rings. The number of pyridine rings is 1. The number of hydrogen-bond acceptors (Lipinski definition) is 3. The molecule has 1 aromatic heterocycles. The van der Waals surface area contributed by atoms with E-state index >= 15 is 0 Å². The van der Waals surface area contributed by atoms with Gasteiger partial charge in [-0.2, -0.15) is 0 Å². The lowest BCUT2D eigenvalue weighted by molar-refractivity contribution is -0.255. The maximum atomic E-state index is 12.4. The fourth-order valence-electron chi connectivity index (χ4n) is 0.565. The molecule has 0 radical (unpaired) electrons. The SMILES string of the molecule is O=C([O-])c1ncc(F)cc1F. The number of rotatable bonds is 1.